The van der Waals surface area contributed by atoms with Crippen LogP contribution in [0.25, 0.3) is 0 Å². The second-order valence-corrected chi connectivity index (χ2v) is 6.03. The first-order chi connectivity index (χ1) is 9.00. The van der Waals surface area contributed by atoms with Gasteiger partial charge in [-0.2, -0.15) is 0 Å². The highest BCUT2D eigenvalue weighted by Crippen LogP contribution is 2.31. The van der Waals surface area contributed by atoms with E-state index in [1.165, 1.54) is 0 Å². The number of aliphatic hydroxyl groups excluding tert-OH is 1. The van der Waals surface area contributed by atoms with Gasteiger partial charge in [0.05, 0.1) is 16.1 Å². The van der Waals surface area contributed by atoms with Gasteiger partial charge in [-0.1, -0.05) is 63.4 Å². The zero-order valence-corrected chi connectivity index (χ0v) is 13.4. The minimum atomic E-state index is -0.603. The standard InChI is InChI=1S/C15H13BrCl2O/c1-9-11(5-3-6-12(9)16)14(19)8-10-4-2-7-13(17)15(10)18/h2-7,14,19H,8H2,1H3. The van der Waals surface area contributed by atoms with Crippen LogP contribution in [0.2, 0.25) is 10.0 Å². The Balaban J connectivity index is 2.28. The van der Waals surface area contributed by atoms with Gasteiger partial charge in [0.15, 0.2) is 0 Å². The molecule has 19 heavy (non-hydrogen) atoms. The number of hydrogen-bond acceptors (Lipinski definition) is 1. The maximum atomic E-state index is 10.4. The van der Waals surface area contributed by atoms with Gasteiger partial charge in [0.25, 0.3) is 0 Å². The Labute approximate surface area is 131 Å². The Kier molecular flexibility index (Phi) is 4.91. The van der Waals surface area contributed by atoms with Crippen LogP contribution in [-0.2, 0) is 6.42 Å². The lowest BCUT2D eigenvalue weighted by Crippen LogP contribution is -2.04. The van der Waals surface area contributed by atoms with Crippen molar-refractivity contribution >= 4 is 39.1 Å². The van der Waals surface area contributed by atoms with Crippen molar-refractivity contribution in [1.82, 2.24) is 0 Å². The summed E-state index contributed by atoms with van der Waals surface area (Å²) in [6, 6.07) is 11.2. The van der Waals surface area contributed by atoms with Crippen molar-refractivity contribution in [2.24, 2.45) is 0 Å². The van der Waals surface area contributed by atoms with Crippen LogP contribution in [0.4, 0.5) is 0 Å². The third kappa shape index (κ3) is 3.32. The van der Waals surface area contributed by atoms with Gasteiger partial charge >= 0.3 is 0 Å². The van der Waals surface area contributed by atoms with E-state index in [4.69, 9.17) is 23.2 Å². The third-order valence-electron chi connectivity index (χ3n) is 3.11. The van der Waals surface area contributed by atoms with Crippen molar-refractivity contribution in [3.8, 4) is 0 Å². The molecule has 0 saturated heterocycles. The molecule has 0 amide bonds. The van der Waals surface area contributed by atoms with Gasteiger partial charge in [0, 0.05) is 10.9 Å². The fourth-order valence-corrected chi connectivity index (χ4v) is 2.79. The zero-order valence-electron chi connectivity index (χ0n) is 10.3. The summed E-state index contributed by atoms with van der Waals surface area (Å²) >= 11 is 15.6. The van der Waals surface area contributed by atoms with Crippen molar-refractivity contribution in [3.05, 3.63) is 67.6 Å². The van der Waals surface area contributed by atoms with E-state index in [2.05, 4.69) is 15.9 Å². The van der Waals surface area contributed by atoms with E-state index in [9.17, 15) is 5.11 Å². The normalized spacial score (nSPS) is 12.5. The molecular weight excluding hydrogens is 347 g/mol. The van der Waals surface area contributed by atoms with Crippen molar-refractivity contribution in [2.75, 3.05) is 0 Å². The molecule has 0 saturated carbocycles. The van der Waals surface area contributed by atoms with Crippen molar-refractivity contribution < 1.29 is 5.11 Å². The Hall–Kier alpha value is -0.540. The lowest BCUT2D eigenvalue weighted by atomic mass is 9.98. The molecule has 1 nitrogen and oxygen atoms in total. The van der Waals surface area contributed by atoms with E-state index in [0.29, 0.717) is 16.5 Å². The lowest BCUT2D eigenvalue weighted by molar-refractivity contribution is 0.177. The molecule has 0 aliphatic carbocycles. The van der Waals surface area contributed by atoms with E-state index < -0.39 is 6.10 Å². The van der Waals surface area contributed by atoms with Gasteiger partial charge in [-0.05, 0) is 35.7 Å². The first-order valence-corrected chi connectivity index (χ1v) is 7.41. The maximum absolute atomic E-state index is 10.4. The average Bonchev–Trinajstić information content (AvgIpc) is 2.38. The molecule has 0 radical (unpaired) electrons. The molecule has 0 aliphatic heterocycles. The highest BCUT2D eigenvalue weighted by molar-refractivity contribution is 9.10. The molecule has 1 N–H and O–H groups in total. The van der Waals surface area contributed by atoms with Crippen molar-refractivity contribution in [2.45, 2.75) is 19.4 Å². The third-order valence-corrected chi connectivity index (χ3v) is 4.83. The fourth-order valence-electron chi connectivity index (χ4n) is 2.01. The van der Waals surface area contributed by atoms with E-state index in [-0.39, 0.29) is 0 Å². The Morgan fingerprint density at radius 1 is 1.16 bits per heavy atom. The first kappa shape index (κ1) is 14.9. The zero-order chi connectivity index (χ0) is 14.0. The van der Waals surface area contributed by atoms with Crippen LogP contribution in [0, 0.1) is 6.92 Å². The highest BCUT2D eigenvalue weighted by Gasteiger charge is 2.15. The van der Waals surface area contributed by atoms with Gasteiger partial charge in [-0.25, -0.2) is 0 Å². The van der Waals surface area contributed by atoms with Gasteiger partial charge in [0.1, 0.15) is 0 Å². The number of hydrogen-bond donors (Lipinski definition) is 1. The van der Waals surface area contributed by atoms with E-state index in [1.807, 2.05) is 37.3 Å². The molecule has 0 aromatic heterocycles. The lowest BCUT2D eigenvalue weighted by Gasteiger charge is -2.16. The summed E-state index contributed by atoms with van der Waals surface area (Å²) in [4.78, 5) is 0. The molecule has 0 fully saturated rings. The predicted molar refractivity (Wildman–Crippen MR) is 84.0 cm³/mol. The Morgan fingerprint density at radius 2 is 1.84 bits per heavy atom. The minimum Gasteiger partial charge on any atom is -0.388 e. The predicted octanol–water partition coefficient (Wildman–Crippen LogP) is 5.34. The van der Waals surface area contributed by atoms with Gasteiger partial charge in [-0.15, -0.1) is 0 Å². The van der Waals surface area contributed by atoms with Crippen LogP contribution in [-0.4, -0.2) is 5.11 Å². The monoisotopic (exact) mass is 358 g/mol. The quantitative estimate of drug-likeness (QED) is 0.784. The van der Waals surface area contributed by atoms with Crippen LogP contribution < -0.4 is 0 Å². The second-order valence-electron chi connectivity index (χ2n) is 4.39. The van der Waals surface area contributed by atoms with Crippen LogP contribution in [0.3, 0.4) is 0 Å². The Bertz CT molecular complexity index is 599. The number of halogens is 3. The number of benzene rings is 2. The van der Waals surface area contributed by atoms with Gasteiger partial charge < -0.3 is 5.11 Å². The van der Waals surface area contributed by atoms with E-state index in [1.54, 1.807) is 6.07 Å². The molecule has 2 aromatic carbocycles. The molecule has 0 bridgehead atoms. The molecular formula is C15H13BrCl2O. The first-order valence-electron chi connectivity index (χ1n) is 5.86. The topological polar surface area (TPSA) is 20.2 Å². The summed E-state index contributed by atoms with van der Waals surface area (Å²) in [5.74, 6) is 0. The second kappa shape index (κ2) is 6.27. The number of rotatable bonds is 3. The summed E-state index contributed by atoms with van der Waals surface area (Å²) in [6.07, 6.45) is -0.162. The van der Waals surface area contributed by atoms with E-state index >= 15 is 0 Å². The largest absolute Gasteiger partial charge is 0.388 e. The SMILES string of the molecule is Cc1c(Br)cccc1C(O)Cc1cccc(Cl)c1Cl. The van der Waals surface area contributed by atoms with Crippen LogP contribution in [0.1, 0.15) is 22.8 Å². The summed E-state index contributed by atoms with van der Waals surface area (Å²) in [5.41, 5.74) is 2.78. The summed E-state index contributed by atoms with van der Waals surface area (Å²) in [5, 5.41) is 11.4. The molecule has 0 heterocycles. The van der Waals surface area contributed by atoms with Crippen molar-refractivity contribution in [1.29, 1.82) is 0 Å². The molecule has 1 atom stereocenters. The highest BCUT2D eigenvalue weighted by atomic mass is 79.9. The summed E-state index contributed by atoms with van der Waals surface area (Å²) in [7, 11) is 0. The maximum Gasteiger partial charge on any atom is 0.0833 e. The van der Waals surface area contributed by atoms with Crippen LogP contribution in [0.15, 0.2) is 40.9 Å². The summed E-state index contributed by atoms with van der Waals surface area (Å²) < 4.78 is 0.987. The number of aliphatic hydroxyl groups is 1. The fraction of sp³-hybridized carbons (Fsp3) is 0.200. The molecule has 0 spiro atoms. The molecule has 0 aliphatic rings. The molecule has 4 heteroatoms. The average molecular weight is 360 g/mol. The van der Waals surface area contributed by atoms with Gasteiger partial charge in [0.2, 0.25) is 0 Å². The molecule has 100 valence electrons. The molecule has 2 rings (SSSR count). The minimum absolute atomic E-state index is 0.441. The van der Waals surface area contributed by atoms with Crippen LogP contribution in [0.5, 0.6) is 0 Å². The van der Waals surface area contributed by atoms with Gasteiger partial charge in [-0.3, -0.25) is 0 Å². The summed E-state index contributed by atoms with van der Waals surface area (Å²) in [6.45, 7) is 1.97. The molecule has 1 unspecified atom stereocenters. The smallest absolute Gasteiger partial charge is 0.0833 e. The van der Waals surface area contributed by atoms with Crippen molar-refractivity contribution in [3.63, 3.8) is 0 Å². The van der Waals surface area contributed by atoms with E-state index in [0.717, 1.165) is 21.2 Å². The van der Waals surface area contributed by atoms with Crippen LogP contribution >= 0.6 is 39.1 Å². The molecule has 2 aromatic rings. The Morgan fingerprint density at radius 3 is 2.58 bits per heavy atom.